The molecular formula is C20H25NO2. The predicted octanol–water partition coefficient (Wildman–Crippen LogP) is 3.65. The maximum Gasteiger partial charge on any atom is 0.119 e. The van der Waals surface area contributed by atoms with Gasteiger partial charge < -0.3 is 14.7 Å². The van der Waals surface area contributed by atoms with Gasteiger partial charge in [0, 0.05) is 19.6 Å². The van der Waals surface area contributed by atoms with Gasteiger partial charge in [-0.2, -0.15) is 0 Å². The zero-order valence-electron chi connectivity index (χ0n) is 13.5. The molecule has 0 amide bonds. The van der Waals surface area contributed by atoms with Crippen molar-refractivity contribution >= 4 is 0 Å². The minimum absolute atomic E-state index is 0.313. The molecule has 1 fully saturated rings. The summed E-state index contributed by atoms with van der Waals surface area (Å²) in [6.07, 6.45) is 2.84. The van der Waals surface area contributed by atoms with Gasteiger partial charge >= 0.3 is 0 Å². The minimum Gasteiger partial charge on any atom is -0.490 e. The van der Waals surface area contributed by atoms with E-state index in [1.807, 2.05) is 60.7 Å². The first-order valence-electron chi connectivity index (χ1n) is 8.48. The van der Waals surface area contributed by atoms with Gasteiger partial charge in [-0.3, -0.25) is 0 Å². The van der Waals surface area contributed by atoms with Gasteiger partial charge in [0.05, 0.1) is 6.10 Å². The van der Waals surface area contributed by atoms with Crippen LogP contribution in [0.5, 0.6) is 5.75 Å². The maximum atomic E-state index is 10.2. The van der Waals surface area contributed by atoms with Crippen LogP contribution in [0.1, 0.15) is 30.9 Å². The zero-order valence-corrected chi connectivity index (χ0v) is 13.5. The molecule has 3 nitrogen and oxygen atoms in total. The third kappa shape index (κ3) is 4.81. The second-order valence-corrected chi connectivity index (χ2v) is 6.19. The highest BCUT2D eigenvalue weighted by atomic mass is 16.5. The summed E-state index contributed by atoms with van der Waals surface area (Å²) >= 11 is 0. The van der Waals surface area contributed by atoms with Crippen molar-refractivity contribution in [2.75, 3.05) is 19.6 Å². The molecule has 0 saturated carbocycles. The van der Waals surface area contributed by atoms with Crippen molar-refractivity contribution < 1.29 is 9.84 Å². The first-order valence-corrected chi connectivity index (χ1v) is 8.48. The average Bonchev–Trinajstić information content (AvgIpc) is 2.62. The van der Waals surface area contributed by atoms with Crippen LogP contribution in [0.3, 0.4) is 0 Å². The minimum atomic E-state index is -0.366. The highest BCUT2D eigenvalue weighted by Gasteiger charge is 2.21. The third-order valence-electron chi connectivity index (χ3n) is 4.48. The average molecular weight is 311 g/mol. The van der Waals surface area contributed by atoms with Gasteiger partial charge in [-0.05, 0) is 37.0 Å². The van der Waals surface area contributed by atoms with E-state index in [4.69, 9.17) is 4.74 Å². The summed E-state index contributed by atoms with van der Waals surface area (Å²) in [5.41, 5.74) is 1.01. The van der Waals surface area contributed by atoms with Gasteiger partial charge in [0.15, 0.2) is 0 Å². The van der Waals surface area contributed by atoms with Crippen LogP contribution in [0.15, 0.2) is 60.7 Å². The third-order valence-corrected chi connectivity index (χ3v) is 4.48. The molecule has 0 bridgehead atoms. The molecule has 0 spiro atoms. The fraction of sp³-hybridized carbons (Fsp3) is 0.400. The molecule has 0 aliphatic carbocycles. The van der Waals surface area contributed by atoms with Crippen LogP contribution < -0.4 is 4.74 Å². The van der Waals surface area contributed by atoms with E-state index in [2.05, 4.69) is 4.90 Å². The van der Waals surface area contributed by atoms with E-state index in [1.54, 1.807) is 0 Å². The SMILES string of the molecule is OC(CCN1CCC(Oc2ccccc2)CC1)c1ccccc1. The largest absolute Gasteiger partial charge is 0.490 e. The van der Waals surface area contributed by atoms with Gasteiger partial charge in [-0.1, -0.05) is 48.5 Å². The van der Waals surface area contributed by atoms with Gasteiger partial charge in [0.25, 0.3) is 0 Å². The lowest BCUT2D eigenvalue weighted by Gasteiger charge is -2.32. The Labute approximate surface area is 138 Å². The fourth-order valence-corrected chi connectivity index (χ4v) is 3.09. The van der Waals surface area contributed by atoms with E-state index in [0.29, 0.717) is 6.10 Å². The van der Waals surface area contributed by atoms with Crippen molar-refractivity contribution in [2.45, 2.75) is 31.5 Å². The smallest absolute Gasteiger partial charge is 0.119 e. The van der Waals surface area contributed by atoms with Gasteiger partial charge in [-0.25, -0.2) is 0 Å². The molecule has 122 valence electrons. The van der Waals surface area contributed by atoms with E-state index in [-0.39, 0.29) is 6.10 Å². The van der Waals surface area contributed by atoms with E-state index in [1.165, 1.54) is 0 Å². The Morgan fingerprint density at radius 2 is 1.57 bits per heavy atom. The first-order chi connectivity index (χ1) is 11.3. The summed E-state index contributed by atoms with van der Waals surface area (Å²) in [5, 5.41) is 10.2. The lowest BCUT2D eigenvalue weighted by Crippen LogP contribution is -2.39. The number of nitrogens with zero attached hydrogens (tertiary/aromatic N) is 1. The molecule has 1 unspecified atom stereocenters. The molecule has 1 saturated heterocycles. The maximum absolute atomic E-state index is 10.2. The lowest BCUT2D eigenvalue weighted by molar-refractivity contribution is 0.0848. The molecule has 1 atom stereocenters. The Hall–Kier alpha value is -1.84. The molecule has 1 N–H and O–H groups in total. The molecule has 1 aliphatic rings. The first kappa shape index (κ1) is 16.0. The molecule has 0 aromatic heterocycles. The highest BCUT2D eigenvalue weighted by Crippen LogP contribution is 2.21. The Bertz CT molecular complexity index is 565. The normalized spacial score (nSPS) is 17.8. The summed E-state index contributed by atoms with van der Waals surface area (Å²) < 4.78 is 6.02. The Morgan fingerprint density at radius 1 is 0.957 bits per heavy atom. The van der Waals surface area contributed by atoms with Gasteiger partial charge in [0.2, 0.25) is 0 Å². The van der Waals surface area contributed by atoms with Crippen LogP contribution in [-0.4, -0.2) is 35.7 Å². The van der Waals surface area contributed by atoms with Crippen LogP contribution in [-0.2, 0) is 0 Å². The molecule has 3 heteroatoms. The van der Waals surface area contributed by atoms with E-state index in [0.717, 1.165) is 50.2 Å². The summed E-state index contributed by atoms with van der Waals surface area (Å²) in [6, 6.07) is 20.0. The van der Waals surface area contributed by atoms with E-state index < -0.39 is 0 Å². The van der Waals surface area contributed by atoms with Crippen LogP contribution in [0.4, 0.5) is 0 Å². The van der Waals surface area contributed by atoms with E-state index in [9.17, 15) is 5.11 Å². The molecule has 1 aliphatic heterocycles. The summed E-state index contributed by atoms with van der Waals surface area (Å²) in [4.78, 5) is 2.43. The molecule has 1 heterocycles. The Morgan fingerprint density at radius 3 is 2.22 bits per heavy atom. The van der Waals surface area contributed by atoms with E-state index >= 15 is 0 Å². The van der Waals surface area contributed by atoms with Crippen molar-refractivity contribution in [1.82, 2.24) is 4.90 Å². The molecule has 2 aromatic carbocycles. The van der Waals surface area contributed by atoms with Crippen molar-refractivity contribution in [1.29, 1.82) is 0 Å². The number of hydrogen-bond acceptors (Lipinski definition) is 3. The monoisotopic (exact) mass is 311 g/mol. The second-order valence-electron chi connectivity index (χ2n) is 6.19. The second kappa shape index (κ2) is 8.14. The molecule has 0 radical (unpaired) electrons. The van der Waals surface area contributed by atoms with Crippen LogP contribution >= 0.6 is 0 Å². The molecular weight excluding hydrogens is 286 g/mol. The number of likely N-dealkylation sites (tertiary alicyclic amines) is 1. The fourth-order valence-electron chi connectivity index (χ4n) is 3.09. The van der Waals surface area contributed by atoms with Crippen LogP contribution in [0.25, 0.3) is 0 Å². The van der Waals surface area contributed by atoms with Crippen molar-refractivity contribution in [3.63, 3.8) is 0 Å². The quantitative estimate of drug-likeness (QED) is 0.884. The number of aliphatic hydroxyl groups excluding tert-OH is 1. The standard InChI is InChI=1S/C20H25NO2/c22-20(17-7-3-1-4-8-17)13-16-21-14-11-19(12-15-21)23-18-9-5-2-6-10-18/h1-10,19-20,22H,11-16H2. The number of benzene rings is 2. The predicted molar refractivity (Wildman–Crippen MR) is 92.6 cm³/mol. The van der Waals surface area contributed by atoms with Gasteiger partial charge in [0.1, 0.15) is 11.9 Å². The van der Waals surface area contributed by atoms with Crippen molar-refractivity contribution in [2.24, 2.45) is 0 Å². The number of rotatable bonds is 6. The Balaban J connectivity index is 1.39. The zero-order chi connectivity index (χ0) is 15.9. The number of piperidine rings is 1. The number of ether oxygens (including phenoxy) is 1. The number of para-hydroxylation sites is 1. The van der Waals surface area contributed by atoms with Crippen LogP contribution in [0.2, 0.25) is 0 Å². The molecule has 3 rings (SSSR count). The van der Waals surface area contributed by atoms with Crippen molar-refractivity contribution in [3.05, 3.63) is 66.2 Å². The van der Waals surface area contributed by atoms with Crippen LogP contribution in [0, 0.1) is 0 Å². The van der Waals surface area contributed by atoms with Crippen molar-refractivity contribution in [3.8, 4) is 5.75 Å². The lowest BCUT2D eigenvalue weighted by atomic mass is 10.0. The number of hydrogen-bond donors (Lipinski definition) is 1. The number of aliphatic hydroxyl groups is 1. The molecule has 23 heavy (non-hydrogen) atoms. The molecule has 2 aromatic rings. The Kier molecular flexibility index (Phi) is 5.67. The topological polar surface area (TPSA) is 32.7 Å². The summed E-state index contributed by atoms with van der Waals surface area (Å²) in [6.45, 7) is 3.02. The summed E-state index contributed by atoms with van der Waals surface area (Å²) in [5.74, 6) is 0.963. The highest BCUT2D eigenvalue weighted by molar-refractivity contribution is 5.21. The summed E-state index contributed by atoms with van der Waals surface area (Å²) in [7, 11) is 0. The van der Waals surface area contributed by atoms with Gasteiger partial charge in [-0.15, -0.1) is 0 Å².